The molecular weight excluding hydrogens is 376 g/mol. The quantitative estimate of drug-likeness (QED) is 0.843. The number of amides is 1. The zero-order valence-corrected chi connectivity index (χ0v) is 15.6. The van der Waals surface area contributed by atoms with Gasteiger partial charge in [0.15, 0.2) is 5.69 Å². The summed E-state index contributed by atoms with van der Waals surface area (Å²) < 4.78 is 11.6. The standard InChI is InChI=1S/C16H21BrN4O3/c1-16(2,3)24-15(22)20-9-12-10-23-5-4-21(12)14-6-11(17)8-19-13(14)7-18/h6,8,12H,4-5,9-10H2,1-3H3,(H,20,22). The molecule has 1 aliphatic heterocycles. The van der Waals surface area contributed by atoms with Crippen molar-refractivity contribution >= 4 is 27.7 Å². The average Bonchev–Trinajstić information content (AvgIpc) is 2.51. The van der Waals surface area contributed by atoms with Crippen LogP contribution in [0, 0.1) is 11.3 Å². The number of nitriles is 1. The molecule has 1 atom stereocenters. The Morgan fingerprint density at radius 1 is 1.62 bits per heavy atom. The van der Waals surface area contributed by atoms with Gasteiger partial charge in [-0.05, 0) is 42.8 Å². The number of aromatic nitrogens is 1. The van der Waals surface area contributed by atoms with Crippen molar-refractivity contribution in [3.8, 4) is 6.07 Å². The predicted octanol–water partition coefficient (Wildman–Crippen LogP) is 2.45. The molecule has 130 valence electrons. The van der Waals surface area contributed by atoms with E-state index in [1.54, 1.807) is 6.20 Å². The van der Waals surface area contributed by atoms with Crippen LogP contribution in [-0.2, 0) is 9.47 Å². The fourth-order valence-corrected chi connectivity index (χ4v) is 2.71. The number of pyridine rings is 1. The number of nitrogens with one attached hydrogen (secondary N) is 1. The first-order valence-corrected chi connectivity index (χ1v) is 8.46. The van der Waals surface area contributed by atoms with E-state index >= 15 is 0 Å². The largest absolute Gasteiger partial charge is 0.444 e. The first-order chi connectivity index (χ1) is 11.3. The highest BCUT2D eigenvalue weighted by Crippen LogP contribution is 2.26. The molecule has 2 heterocycles. The summed E-state index contributed by atoms with van der Waals surface area (Å²) in [6, 6.07) is 3.87. The van der Waals surface area contributed by atoms with Crippen LogP contribution in [0.4, 0.5) is 10.5 Å². The second-order valence-corrected chi connectivity index (χ2v) is 7.35. The van der Waals surface area contributed by atoms with Gasteiger partial charge in [-0.2, -0.15) is 5.26 Å². The van der Waals surface area contributed by atoms with E-state index in [1.165, 1.54) is 0 Å². The first-order valence-electron chi connectivity index (χ1n) is 7.67. The summed E-state index contributed by atoms with van der Waals surface area (Å²) in [4.78, 5) is 18.0. The molecule has 1 amide bonds. The molecule has 8 heteroatoms. The number of hydrogen-bond donors (Lipinski definition) is 1. The Kier molecular flexibility index (Phi) is 6.02. The van der Waals surface area contributed by atoms with E-state index in [1.807, 2.05) is 31.7 Å². The Bertz CT molecular complexity index is 639. The van der Waals surface area contributed by atoms with Gasteiger partial charge in [0, 0.05) is 23.8 Å². The van der Waals surface area contributed by atoms with Crippen molar-refractivity contribution < 1.29 is 14.3 Å². The molecule has 0 saturated carbocycles. The number of halogens is 1. The predicted molar refractivity (Wildman–Crippen MR) is 92.8 cm³/mol. The van der Waals surface area contributed by atoms with Crippen LogP contribution in [0.3, 0.4) is 0 Å². The van der Waals surface area contributed by atoms with E-state index in [9.17, 15) is 10.1 Å². The van der Waals surface area contributed by atoms with Crippen LogP contribution in [0.25, 0.3) is 0 Å². The fourth-order valence-electron chi connectivity index (χ4n) is 2.39. The van der Waals surface area contributed by atoms with Crippen LogP contribution in [0.2, 0.25) is 0 Å². The summed E-state index contributed by atoms with van der Waals surface area (Å²) >= 11 is 3.39. The highest BCUT2D eigenvalue weighted by molar-refractivity contribution is 9.10. The molecule has 1 saturated heterocycles. The minimum atomic E-state index is -0.547. The molecule has 0 bridgehead atoms. The lowest BCUT2D eigenvalue weighted by Crippen LogP contribution is -2.52. The van der Waals surface area contributed by atoms with Gasteiger partial charge in [-0.25, -0.2) is 9.78 Å². The number of morpholine rings is 1. The van der Waals surface area contributed by atoms with Gasteiger partial charge in [-0.3, -0.25) is 0 Å². The van der Waals surface area contributed by atoms with E-state index in [4.69, 9.17) is 9.47 Å². The average molecular weight is 397 g/mol. The van der Waals surface area contributed by atoms with E-state index in [0.29, 0.717) is 32.0 Å². The third-order valence-electron chi connectivity index (χ3n) is 3.36. The van der Waals surface area contributed by atoms with Crippen molar-refractivity contribution in [1.29, 1.82) is 5.26 Å². The number of ether oxygens (including phenoxy) is 2. The van der Waals surface area contributed by atoms with E-state index in [2.05, 4.69) is 32.3 Å². The number of alkyl carbamates (subject to hydrolysis) is 1. The molecule has 0 spiro atoms. The van der Waals surface area contributed by atoms with Crippen LogP contribution < -0.4 is 10.2 Å². The Labute approximate surface area is 150 Å². The van der Waals surface area contributed by atoms with Gasteiger partial charge in [-0.15, -0.1) is 0 Å². The van der Waals surface area contributed by atoms with Crippen molar-refractivity contribution in [3.05, 3.63) is 22.4 Å². The smallest absolute Gasteiger partial charge is 0.407 e. The maximum atomic E-state index is 11.9. The number of anilines is 1. The lowest BCUT2D eigenvalue weighted by atomic mass is 10.1. The third-order valence-corrected chi connectivity index (χ3v) is 3.79. The van der Waals surface area contributed by atoms with Gasteiger partial charge in [0.1, 0.15) is 11.7 Å². The molecule has 7 nitrogen and oxygen atoms in total. The van der Waals surface area contributed by atoms with Crippen LogP contribution in [0.5, 0.6) is 0 Å². The molecule has 24 heavy (non-hydrogen) atoms. The maximum Gasteiger partial charge on any atom is 0.407 e. The summed E-state index contributed by atoms with van der Waals surface area (Å²) in [7, 11) is 0. The SMILES string of the molecule is CC(C)(C)OC(=O)NCC1COCCN1c1cc(Br)cnc1C#N. The number of carbonyl (C=O) groups is 1. The maximum absolute atomic E-state index is 11.9. The molecule has 1 N–H and O–H groups in total. The summed E-state index contributed by atoms with van der Waals surface area (Å²) in [5.74, 6) is 0. The minimum Gasteiger partial charge on any atom is -0.444 e. The van der Waals surface area contributed by atoms with Crippen molar-refractivity contribution in [2.75, 3.05) is 31.2 Å². The summed E-state index contributed by atoms with van der Waals surface area (Å²) in [6.07, 6.45) is 1.12. The number of rotatable bonds is 3. The Balaban J connectivity index is 2.10. The summed E-state index contributed by atoms with van der Waals surface area (Å²) in [5.41, 5.74) is 0.531. The third kappa shape index (κ3) is 5.08. The molecule has 0 aliphatic carbocycles. The van der Waals surface area contributed by atoms with Gasteiger partial charge < -0.3 is 19.7 Å². The molecule has 0 aromatic carbocycles. The van der Waals surface area contributed by atoms with Crippen molar-refractivity contribution in [3.63, 3.8) is 0 Å². The topological polar surface area (TPSA) is 87.5 Å². The lowest BCUT2D eigenvalue weighted by Gasteiger charge is -2.37. The van der Waals surface area contributed by atoms with Crippen molar-refractivity contribution in [1.82, 2.24) is 10.3 Å². The van der Waals surface area contributed by atoms with Gasteiger partial charge >= 0.3 is 6.09 Å². The minimum absolute atomic E-state index is 0.102. The molecule has 1 aliphatic rings. The second kappa shape index (κ2) is 7.81. The number of nitrogens with zero attached hydrogens (tertiary/aromatic N) is 3. The van der Waals surface area contributed by atoms with Crippen LogP contribution in [0.1, 0.15) is 26.5 Å². The molecule has 1 unspecified atom stereocenters. The Morgan fingerprint density at radius 2 is 2.38 bits per heavy atom. The Morgan fingerprint density at radius 3 is 3.04 bits per heavy atom. The molecule has 1 aromatic heterocycles. The first kappa shape index (κ1) is 18.5. The summed E-state index contributed by atoms with van der Waals surface area (Å²) in [5, 5.41) is 12.1. The normalized spacial score (nSPS) is 18.0. The highest BCUT2D eigenvalue weighted by atomic mass is 79.9. The lowest BCUT2D eigenvalue weighted by molar-refractivity contribution is 0.0498. The molecule has 0 radical (unpaired) electrons. The monoisotopic (exact) mass is 396 g/mol. The fraction of sp³-hybridized carbons (Fsp3) is 0.562. The van der Waals surface area contributed by atoms with Crippen LogP contribution >= 0.6 is 15.9 Å². The molecule has 2 rings (SSSR count). The van der Waals surface area contributed by atoms with Gasteiger partial charge in [-0.1, -0.05) is 0 Å². The van der Waals surface area contributed by atoms with E-state index in [-0.39, 0.29) is 6.04 Å². The van der Waals surface area contributed by atoms with Crippen molar-refractivity contribution in [2.24, 2.45) is 0 Å². The van der Waals surface area contributed by atoms with Crippen LogP contribution in [0.15, 0.2) is 16.7 Å². The molecule has 1 aromatic rings. The van der Waals surface area contributed by atoms with Gasteiger partial charge in [0.05, 0.1) is 24.9 Å². The van der Waals surface area contributed by atoms with Gasteiger partial charge in [0.25, 0.3) is 0 Å². The van der Waals surface area contributed by atoms with Crippen molar-refractivity contribution in [2.45, 2.75) is 32.4 Å². The van der Waals surface area contributed by atoms with Gasteiger partial charge in [0.2, 0.25) is 0 Å². The Hall–Kier alpha value is -1.85. The summed E-state index contributed by atoms with van der Waals surface area (Å²) in [6.45, 7) is 7.42. The van der Waals surface area contributed by atoms with Crippen LogP contribution in [-0.4, -0.2) is 49.0 Å². The second-order valence-electron chi connectivity index (χ2n) is 6.44. The zero-order valence-electron chi connectivity index (χ0n) is 14.0. The zero-order chi connectivity index (χ0) is 17.7. The van der Waals surface area contributed by atoms with E-state index in [0.717, 1.165) is 10.2 Å². The van der Waals surface area contributed by atoms with E-state index < -0.39 is 11.7 Å². The number of carbonyl (C=O) groups excluding carboxylic acids is 1. The highest BCUT2D eigenvalue weighted by Gasteiger charge is 2.27. The molecule has 1 fully saturated rings. The number of hydrogen-bond acceptors (Lipinski definition) is 6. The molecular formula is C16H21BrN4O3.